The van der Waals surface area contributed by atoms with Crippen LogP contribution in [0.1, 0.15) is 58.8 Å². The number of hydrogen-bond acceptors (Lipinski definition) is 2. The minimum absolute atomic E-state index is 0.0276. The van der Waals surface area contributed by atoms with Gasteiger partial charge in [-0.3, -0.25) is 4.79 Å². The second kappa shape index (κ2) is 4.28. The third-order valence-corrected chi connectivity index (χ3v) is 6.97. The van der Waals surface area contributed by atoms with Gasteiger partial charge in [-0.2, -0.15) is 0 Å². The van der Waals surface area contributed by atoms with Gasteiger partial charge in [-0.05, 0) is 55.3 Å². The van der Waals surface area contributed by atoms with Gasteiger partial charge in [0.05, 0.1) is 12.0 Å². The highest BCUT2D eigenvalue weighted by Crippen LogP contribution is 2.70. The van der Waals surface area contributed by atoms with Gasteiger partial charge < -0.3 is 10.0 Å². The Balaban J connectivity index is 1.61. The van der Waals surface area contributed by atoms with Crippen molar-refractivity contribution < 1.29 is 19.1 Å². The fourth-order valence-corrected chi connectivity index (χ4v) is 7.14. The molecule has 23 heavy (non-hydrogen) atoms. The number of rotatable bonds is 2. The molecule has 0 radical (unpaired) electrons. The molecular weight excluding hydrogens is 297 g/mol. The van der Waals surface area contributed by atoms with Gasteiger partial charge in [-0.15, -0.1) is 0 Å². The highest BCUT2D eigenvalue weighted by atomic mass is 19.1. The fourth-order valence-electron chi connectivity index (χ4n) is 7.14. The first kappa shape index (κ1) is 15.4. The third kappa shape index (κ3) is 2.14. The lowest BCUT2D eigenvalue weighted by atomic mass is 9.40. The van der Waals surface area contributed by atoms with Gasteiger partial charge in [0, 0.05) is 13.0 Å². The van der Waals surface area contributed by atoms with Crippen LogP contribution in [0.25, 0.3) is 0 Å². The van der Waals surface area contributed by atoms with E-state index in [0.29, 0.717) is 5.92 Å². The van der Waals surface area contributed by atoms with E-state index in [1.807, 2.05) is 0 Å². The first-order chi connectivity index (χ1) is 10.6. The number of hydrogen-bond donors (Lipinski definition) is 1. The Kier molecular flexibility index (Phi) is 2.87. The summed E-state index contributed by atoms with van der Waals surface area (Å²) < 4.78 is 14.4. The Morgan fingerprint density at radius 1 is 1.09 bits per heavy atom. The Morgan fingerprint density at radius 3 is 2.17 bits per heavy atom. The largest absolute Gasteiger partial charge is 0.479 e. The molecule has 0 spiro atoms. The van der Waals surface area contributed by atoms with E-state index in [2.05, 4.69) is 13.8 Å². The van der Waals surface area contributed by atoms with Crippen molar-refractivity contribution in [1.82, 2.24) is 4.90 Å². The quantitative estimate of drug-likeness (QED) is 0.850. The SMILES string of the molecule is CC12CC3CC(C)(C1)CC(C(=O)N1CCC(F)(C(=O)O)C1)(C3)C2. The molecule has 1 amide bonds. The van der Waals surface area contributed by atoms with Crippen LogP contribution in [0.3, 0.4) is 0 Å². The van der Waals surface area contributed by atoms with E-state index in [1.54, 1.807) is 0 Å². The van der Waals surface area contributed by atoms with Crippen molar-refractivity contribution in [2.45, 2.75) is 64.5 Å². The Bertz CT molecular complexity index is 573. The minimum atomic E-state index is -2.26. The van der Waals surface area contributed by atoms with E-state index in [-0.39, 0.29) is 41.7 Å². The molecular formula is C18H26FNO3. The Labute approximate surface area is 136 Å². The number of carboxylic acid groups (broad SMARTS) is 1. The molecule has 4 saturated carbocycles. The van der Waals surface area contributed by atoms with Crippen LogP contribution in [0.4, 0.5) is 4.39 Å². The number of halogens is 1. The molecule has 0 aromatic heterocycles. The summed E-state index contributed by atoms with van der Waals surface area (Å²) in [4.78, 5) is 25.9. The average molecular weight is 323 g/mol. The van der Waals surface area contributed by atoms with Crippen LogP contribution in [-0.2, 0) is 9.59 Å². The molecule has 3 unspecified atom stereocenters. The lowest BCUT2D eigenvalue weighted by Crippen LogP contribution is -2.60. The summed E-state index contributed by atoms with van der Waals surface area (Å²) in [5, 5.41) is 9.08. The number of carbonyl (C=O) groups is 2. The number of carboxylic acids is 1. The van der Waals surface area contributed by atoms with Crippen LogP contribution in [0.5, 0.6) is 0 Å². The molecule has 4 bridgehead atoms. The molecule has 5 heteroatoms. The van der Waals surface area contributed by atoms with Crippen molar-refractivity contribution in [2.24, 2.45) is 22.2 Å². The summed E-state index contributed by atoms with van der Waals surface area (Å²) in [6.07, 6.45) is 6.23. The highest BCUT2D eigenvalue weighted by Gasteiger charge is 2.64. The molecule has 1 saturated heterocycles. The van der Waals surface area contributed by atoms with E-state index in [9.17, 15) is 14.0 Å². The van der Waals surface area contributed by atoms with Crippen molar-refractivity contribution in [1.29, 1.82) is 0 Å². The van der Waals surface area contributed by atoms with Crippen LogP contribution in [0.2, 0.25) is 0 Å². The summed E-state index contributed by atoms with van der Waals surface area (Å²) in [5.41, 5.74) is -2.18. The molecule has 128 valence electrons. The Morgan fingerprint density at radius 2 is 1.70 bits per heavy atom. The number of carbonyl (C=O) groups excluding carboxylic acids is 1. The molecule has 5 rings (SSSR count). The summed E-state index contributed by atoms with van der Waals surface area (Å²) in [6.45, 7) is 4.57. The average Bonchev–Trinajstić information content (AvgIpc) is 2.77. The van der Waals surface area contributed by atoms with Crippen molar-refractivity contribution >= 4 is 11.9 Å². The summed E-state index contributed by atoms with van der Waals surface area (Å²) in [7, 11) is 0. The number of likely N-dealkylation sites (tertiary alicyclic amines) is 1. The summed E-state index contributed by atoms with van der Waals surface area (Å²) in [5.74, 6) is -0.806. The third-order valence-electron chi connectivity index (χ3n) is 6.97. The van der Waals surface area contributed by atoms with Gasteiger partial charge in [0.2, 0.25) is 11.6 Å². The zero-order valence-corrected chi connectivity index (χ0v) is 14.0. The number of nitrogens with zero attached hydrogens (tertiary/aromatic N) is 1. The normalized spacial score (nSPS) is 51.3. The van der Waals surface area contributed by atoms with E-state index in [4.69, 9.17) is 5.11 Å². The first-order valence-electron chi connectivity index (χ1n) is 8.79. The van der Waals surface area contributed by atoms with Crippen LogP contribution in [-0.4, -0.2) is 40.6 Å². The molecule has 0 aromatic carbocycles. The zero-order valence-electron chi connectivity index (χ0n) is 14.0. The Hall–Kier alpha value is -1.13. The molecule has 4 aliphatic carbocycles. The monoisotopic (exact) mass is 323 g/mol. The van der Waals surface area contributed by atoms with E-state index < -0.39 is 11.6 Å². The predicted molar refractivity (Wildman–Crippen MR) is 82.5 cm³/mol. The minimum Gasteiger partial charge on any atom is -0.479 e. The maximum Gasteiger partial charge on any atom is 0.343 e. The van der Waals surface area contributed by atoms with Crippen LogP contribution in [0.15, 0.2) is 0 Å². The maximum atomic E-state index is 14.4. The molecule has 0 aromatic rings. The van der Waals surface area contributed by atoms with Gasteiger partial charge >= 0.3 is 5.97 Å². The van der Waals surface area contributed by atoms with Crippen molar-refractivity contribution in [3.05, 3.63) is 0 Å². The van der Waals surface area contributed by atoms with Gasteiger partial charge in [0.1, 0.15) is 0 Å². The van der Waals surface area contributed by atoms with Crippen LogP contribution in [0, 0.1) is 22.2 Å². The van der Waals surface area contributed by atoms with Crippen LogP contribution >= 0.6 is 0 Å². The van der Waals surface area contributed by atoms with E-state index >= 15 is 0 Å². The van der Waals surface area contributed by atoms with Gasteiger partial charge in [-0.25, -0.2) is 9.18 Å². The lowest BCUT2D eigenvalue weighted by Gasteiger charge is -2.65. The van der Waals surface area contributed by atoms with E-state index in [0.717, 1.165) is 19.3 Å². The van der Waals surface area contributed by atoms with Gasteiger partial charge in [-0.1, -0.05) is 13.8 Å². The van der Waals surface area contributed by atoms with E-state index in [1.165, 1.54) is 24.2 Å². The van der Waals surface area contributed by atoms with Crippen molar-refractivity contribution in [2.75, 3.05) is 13.1 Å². The van der Waals surface area contributed by atoms with Crippen molar-refractivity contribution in [3.63, 3.8) is 0 Å². The van der Waals surface area contributed by atoms with Crippen molar-refractivity contribution in [3.8, 4) is 0 Å². The smallest absolute Gasteiger partial charge is 0.343 e. The maximum absolute atomic E-state index is 14.4. The zero-order chi connectivity index (χ0) is 16.7. The summed E-state index contributed by atoms with van der Waals surface area (Å²) in [6, 6.07) is 0. The topological polar surface area (TPSA) is 57.6 Å². The molecule has 5 fully saturated rings. The molecule has 1 N–H and O–H groups in total. The van der Waals surface area contributed by atoms with Crippen LogP contribution < -0.4 is 0 Å². The fraction of sp³-hybridized carbons (Fsp3) is 0.889. The molecule has 3 atom stereocenters. The number of alkyl halides is 1. The highest BCUT2D eigenvalue weighted by molar-refractivity contribution is 5.86. The van der Waals surface area contributed by atoms with Gasteiger partial charge in [0.15, 0.2) is 0 Å². The van der Waals surface area contributed by atoms with Gasteiger partial charge in [0.25, 0.3) is 0 Å². The second-order valence-electron chi connectivity index (χ2n) is 9.66. The summed E-state index contributed by atoms with van der Waals surface area (Å²) >= 11 is 0. The molecule has 1 aliphatic heterocycles. The molecule has 1 heterocycles. The number of amides is 1. The number of aliphatic carboxylic acids is 1. The predicted octanol–water partition coefficient (Wildman–Crippen LogP) is 3.01. The lowest BCUT2D eigenvalue weighted by molar-refractivity contribution is -0.179. The first-order valence-corrected chi connectivity index (χ1v) is 8.79. The standard InChI is InChI=1S/C18H26FNO3/c1-15-5-12-6-16(2,8-15)10-17(7-12,9-15)13(21)20-4-3-18(19,11-20)14(22)23/h12H,3-11H2,1-2H3,(H,22,23). The molecule has 5 aliphatic rings. The molecule has 4 nitrogen and oxygen atoms in total. The second-order valence-corrected chi connectivity index (χ2v) is 9.66.